The van der Waals surface area contributed by atoms with Crippen LogP contribution in [0.4, 0.5) is 0 Å². The Labute approximate surface area is 259 Å². The molecule has 2 aliphatic carbocycles. The van der Waals surface area contributed by atoms with Gasteiger partial charge >= 0.3 is 0 Å². The number of hydrogen-bond acceptors (Lipinski definition) is 3. The van der Waals surface area contributed by atoms with Crippen molar-refractivity contribution in [2.24, 2.45) is 11.8 Å². The molecule has 1 amide bonds. The smallest absolute Gasteiger partial charge is 0.225 e. The largest absolute Gasteiger partial charge is 0.342 e. The van der Waals surface area contributed by atoms with Gasteiger partial charge in [-0.05, 0) is 107 Å². The summed E-state index contributed by atoms with van der Waals surface area (Å²) in [6.45, 7) is 2.52. The molecule has 0 radical (unpaired) electrons. The second-order valence-electron chi connectivity index (χ2n) is 11.7. The van der Waals surface area contributed by atoms with Gasteiger partial charge in [0.25, 0.3) is 0 Å². The second-order valence-corrected chi connectivity index (χ2v) is 13.9. The standard InChI is InChI=1S/C33H36Br2ClN3O/c34-26-15-24-10-9-23-16-27(36)18-29(35)30(23)31(32(24)38-20-26)22-11-13-39(14-12-22)33(40)25-7-4-8-28(17-25)37-19-21-5-2-1-3-6-21/h1-3,5-6,15-16,18,20,22,25,28,31,37H,4,7-14,17,19H2/t25?,28?,31-/m1/s1. The molecule has 1 aliphatic heterocycles. The number of piperidine rings is 1. The highest BCUT2D eigenvalue weighted by Crippen LogP contribution is 2.46. The summed E-state index contributed by atoms with van der Waals surface area (Å²) in [4.78, 5) is 20.8. The monoisotopic (exact) mass is 683 g/mol. The Morgan fingerprint density at radius 2 is 1.77 bits per heavy atom. The van der Waals surface area contributed by atoms with E-state index < -0.39 is 0 Å². The predicted molar refractivity (Wildman–Crippen MR) is 169 cm³/mol. The number of rotatable bonds is 5. The van der Waals surface area contributed by atoms with Crippen LogP contribution in [0.1, 0.15) is 72.4 Å². The molecule has 1 aromatic heterocycles. The van der Waals surface area contributed by atoms with Crippen molar-refractivity contribution in [3.8, 4) is 0 Å². The number of aryl methyl sites for hydroxylation is 2. The Balaban J connectivity index is 1.14. The average molecular weight is 686 g/mol. The zero-order chi connectivity index (χ0) is 27.6. The van der Waals surface area contributed by atoms with Crippen LogP contribution in [0, 0.1) is 11.8 Å². The molecule has 6 rings (SSSR count). The lowest BCUT2D eigenvalue weighted by Crippen LogP contribution is -2.45. The molecule has 3 aliphatic rings. The SMILES string of the molecule is O=C(C1CCCC(NCc2ccccc2)C1)N1CCC([C@H]2c3ncc(Br)cc3CCc3cc(Cl)cc(Br)c32)CC1. The Morgan fingerprint density at radius 3 is 2.58 bits per heavy atom. The van der Waals surface area contributed by atoms with Gasteiger partial charge in [-0.2, -0.15) is 0 Å². The molecule has 3 atom stereocenters. The minimum Gasteiger partial charge on any atom is -0.342 e. The average Bonchev–Trinajstić information content (AvgIpc) is 3.13. The number of amides is 1. The van der Waals surface area contributed by atoms with Crippen LogP contribution in [0.2, 0.25) is 5.02 Å². The van der Waals surface area contributed by atoms with Crippen LogP contribution in [-0.2, 0) is 24.2 Å². The Kier molecular flexibility index (Phi) is 8.98. The van der Waals surface area contributed by atoms with Gasteiger partial charge in [-0.25, -0.2) is 0 Å². The zero-order valence-electron chi connectivity index (χ0n) is 22.7. The van der Waals surface area contributed by atoms with Gasteiger partial charge in [0.05, 0.1) is 5.69 Å². The molecule has 2 aromatic carbocycles. The molecule has 3 aromatic rings. The summed E-state index contributed by atoms with van der Waals surface area (Å²) in [5.41, 5.74) is 6.45. The Hall–Kier alpha value is -1.73. The third-order valence-corrected chi connectivity index (χ3v) is 10.5. The number of benzene rings is 2. The predicted octanol–water partition coefficient (Wildman–Crippen LogP) is 8.08. The fourth-order valence-electron chi connectivity index (χ4n) is 7.20. The zero-order valence-corrected chi connectivity index (χ0v) is 26.6. The summed E-state index contributed by atoms with van der Waals surface area (Å²) in [7, 11) is 0. The van der Waals surface area contributed by atoms with Crippen LogP contribution in [-0.4, -0.2) is 34.9 Å². The summed E-state index contributed by atoms with van der Waals surface area (Å²) in [6, 6.07) is 17.4. The first-order valence-corrected chi connectivity index (χ1v) is 16.6. The highest BCUT2D eigenvalue weighted by molar-refractivity contribution is 9.10. The van der Waals surface area contributed by atoms with Crippen molar-refractivity contribution in [3.05, 3.63) is 96.6 Å². The lowest BCUT2D eigenvalue weighted by Gasteiger charge is -2.39. The van der Waals surface area contributed by atoms with Crippen molar-refractivity contribution in [3.63, 3.8) is 0 Å². The normalized spacial score (nSPS) is 23.3. The summed E-state index contributed by atoms with van der Waals surface area (Å²) in [6.07, 6.45) is 10.1. The van der Waals surface area contributed by atoms with Gasteiger partial charge in [0.15, 0.2) is 0 Å². The number of fused-ring (bicyclic) bond motifs is 2. The third kappa shape index (κ3) is 6.21. The molecule has 7 heteroatoms. The van der Waals surface area contributed by atoms with Crippen molar-refractivity contribution in [1.29, 1.82) is 0 Å². The molecule has 1 saturated heterocycles. The first kappa shape index (κ1) is 28.4. The van der Waals surface area contributed by atoms with E-state index in [2.05, 4.69) is 84.5 Å². The molecular formula is C33H36Br2ClN3O. The van der Waals surface area contributed by atoms with Gasteiger partial charge in [-0.1, -0.05) is 64.3 Å². The van der Waals surface area contributed by atoms with Gasteiger partial charge in [-0.3, -0.25) is 9.78 Å². The molecule has 2 fully saturated rings. The van der Waals surface area contributed by atoms with Crippen molar-refractivity contribution in [2.45, 2.75) is 69.9 Å². The fourth-order valence-corrected chi connectivity index (χ4v) is 8.70. The first-order valence-electron chi connectivity index (χ1n) is 14.6. The maximum Gasteiger partial charge on any atom is 0.225 e. The Bertz CT molecular complexity index is 1360. The second kappa shape index (κ2) is 12.6. The van der Waals surface area contributed by atoms with E-state index in [9.17, 15) is 4.79 Å². The van der Waals surface area contributed by atoms with E-state index in [1.807, 2.05) is 12.3 Å². The number of carbonyl (C=O) groups excluding carboxylic acids is 1. The highest BCUT2D eigenvalue weighted by Gasteiger charge is 2.38. The highest BCUT2D eigenvalue weighted by atomic mass is 79.9. The van der Waals surface area contributed by atoms with E-state index in [0.717, 1.165) is 85.0 Å². The molecule has 2 unspecified atom stereocenters. The number of nitrogens with zero attached hydrogens (tertiary/aromatic N) is 2. The lowest BCUT2D eigenvalue weighted by molar-refractivity contribution is -0.138. The van der Waals surface area contributed by atoms with E-state index in [4.69, 9.17) is 16.6 Å². The van der Waals surface area contributed by atoms with Crippen LogP contribution in [0.15, 0.2) is 63.7 Å². The maximum absolute atomic E-state index is 13.7. The third-order valence-electron chi connectivity index (χ3n) is 9.20. The van der Waals surface area contributed by atoms with E-state index in [0.29, 0.717) is 17.9 Å². The van der Waals surface area contributed by atoms with Crippen molar-refractivity contribution >= 4 is 49.4 Å². The summed E-state index contributed by atoms with van der Waals surface area (Å²) in [5, 5.41) is 4.49. The molecule has 4 nitrogen and oxygen atoms in total. The van der Waals surface area contributed by atoms with Crippen LogP contribution in [0.3, 0.4) is 0 Å². The number of halogens is 3. The number of nitrogens with one attached hydrogen (secondary N) is 1. The molecule has 1 saturated carbocycles. The maximum atomic E-state index is 13.7. The topological polar surface area (TPSA) is 45.2 Å². The van der Waals surface area contributed by atoms with Gasteiger partial charge in [-0.15, -0.1) is 0 Å². The minimum absolute atomic E-state index is 0.133. The molecule has 2 heterocycles. The fraction of sp³-hybridized carbons (Fsp3) is 0.455. The van der Waals surface area contributed by atoms with Crippen LogP contribution in [0.5, 0.6) is 0 Å². The molecule has 0 bridgehead atoms. The van der Waals surface area contributed by atoms with Gasteiger partial charge in [0, 0.05) is 57.7 Å². The summed E-state index contributed by atoms with van der Waals surface area (Å²) < 4.78 is 2.10. The number of carbonyl (C=O) groups is 1. The van der Waals surface area contributed by atoms with Crippen LogP contribution < -0.4 is 5.32 Å². The number of aromatic nitrogens is 1. The number of hydrogen-bond donors (Lipinski definition) is 1. The lowest BCUT2D eigenvalue weighted by atomic mass is 9.76. The molecule has 0 spiro atoms. The molecule has 210 valence electrons. The van der Waals surface area contributed by atoms with Crippen molar-refractivity contribution < 1.29 is 4.79 Å². The van der Waals surface area contributed by atoms with Crippen molar-refractivity contribution in [1.82, 2.24) is 15.2 Å². The van der Waals surface area contributed by atoms with Gasteiger partial charge in [0.1, 0.15) is 0 Å². The van der Waals surface area contributed by atoms with E-state index in [-0.39, 0.29) is 11.8 Å². The molecular weight excluding hydrogens is 650 g/mol. The van der Waals surface area contributed by atoms with Crippen LogP contribution in [0.25, 0.3) is 0 Å². The quantitative estimate of drug-likeness (QED) is 0.296. The van der Waals surface area contributed by atoms with E-state index in [1.54, 1.807) is 0 Å². The van der Waals surface area contributed by atoms with E-state index in [1.165, 1.54) is 27.9 Å². The summed E-state index contributed by atoms with van der Waals surface area (Å²) >= 11 is 14.0. The Morgan fingerprint density at radius 1 is 1.00 bits per heavy atom. The molecule has 1 N–H and O–H groups in total. The van der Waals surface area contributed by atoms with Crippen LogP contribution >= 0.6 is 43.5 Å². The number of pyridine rings is 1. The molecule has 40 heavy (non-hydrogen) atoms. The van der Waals surface area contributed by atoms with Gasteiger partial charge < -0.3 is 10.2 Å². The van der Waals surface area contributed by atoms with E-state index >= 15 is 0 Å². The minimum atomic E-state index is 0.133. The first-order chi connectivity index (χ1) is 19.5. The summed E-state index contributed by atoms with van der Waals surface area (Å²) in [5.74, 6) is 1.12. The van der Waals surface area contributed by atoms with Gasteiger partial charge in [0.2, 0.25) is 5.91 Å². The number of likely N-dealkylation sites (tertiary alicyclic amines) is 1. The van der Waals surface area contributed by atoms with Crippen molar-refractivity contribution in [2.75, 3.05) is 13.1 Å².